The van der Waals surface area contributed by atoms with Gasteiger partial charge in [0.15, 0.2) is 5.96 Å². The van der Waals surface area contributed by atoms with Crippen LogP contribution in [0.2, 0.25) is 0 Å². The molecular weight excluding hydrogens is 404 g/mol. The molecular formula is C21H30N4O2S2. The van der Waals surface area contributed by atoms with Gasteiger partial charge in [0.1, 0.15) is 0 Å². The lowest BCUT2D eigenvalue weighted by molar-refractivity contribution is 0.278. The molecule has 1 saturated heterocycles. The Morgan fingerprint density at radius 2 is 1.90 bits per heavy atom. The number of hydrogen-bond donors (Lipinski definition) is 2. The van der Waals surface area contributed by atoms with E-state index >= 15 is 0 Å². The summed E-state index contributed by atoms with van der Waals surface area (Å²) in [6.07, 6.45) is 2.66. The summed E-state index contributed by atoms with van der Waals surface area (Å²) in [6, 6.07) is 12.9. The van der Waals surface area contributed by atoms with Crippen LogP contribution in [0.1, 0.15) is 24.6 Å². The number of thiophene rings is 1. The molecule has 0 atom stereocenters. The van der Waals surface area contributed by atoms with Crippen LogP contribution in [0, 0.1) is 5.92 Å². The van der Waals surface area contributed by atoms with Crippen LogP contribution in [0.3, 0.4) is 0 Å². The Morgan fingerprint density at radius 3 is 2.55 bits per heavy atom. The molecule has 6 nitrogen and oxygen atoms in total. The first-order valence-electron chi connectivity index (χ1n) is 10.2. The average Bonchev–Trinajstić information content (AvgIpc) is 3.26. The molecule has 0 radical (unpaired) electrons. The van der Waals surface area contributed by atoms with Gasteiger partial charge in [0.05, 0.1) is 4.90 Å². The van der Waals surface area contributed by atoms with Gasteiger partial charge in [-0.2, -0.15) is 4.31 Å². The number of hydrogen-bond acceptors (Lipinski definition) is 4. The SMILES string of the molecule is CCNC(=NCC1CCN(S(=O)(=O)c2ccccc2)CC1)NCCc1cccs1. The van der Waals surface area contributed by atoms with Crippen molar-refractivity contribution in [3.63, 3.8) is 0 Å². The fourth-order valence-electron chi connectivity index (χ4n) is 3.39. The van der Waals surface area contributed by atoms with Gasteiger partial charge in [-0.3, -0.25) is 4.99 Å². The molecule has 2 aromatic rings. The quantitative estimate of drug-likeness (QED) is 0.495. The minimum atomic E-state index is -3.39. The highest BCUT2D eigenvalue weighted by molar-refractivity contribution is 7.89. The number of nitrogens with zero attached hydrogens (tertiary/aromatic N) is 2. The summed E-state index contributed by atoms with van der Waals surface area (Å²) in [6.45, 7) is 5.55. The van der Waals surface area contributed by atoms with Crippen LogP contribution < -0.4 is 10.6 Å². The summed E-state index contributed by atoms with van der Waals surface area (Å²) < 4.78 is 27.1. The zero-order valence-corrected chi connectivity index (χ0v) is 18.5. The largest absolute Gasteiger partial charge is 0.357 e. The van der Waals surface area contributed by atoms with Gasteiger partial charge in [-0.1, -0.05) is 24.3 Å². The Bertz CT molecular complexity index is 859. The van der Waals surface area contributed by atoms with E-state index < -0.39 is 10.0 Å². The normalized spacial score (nSPS) is 16.7. The molecule has 2 heterocycles. The summed E-state index contributed by atoms with van der Waals surface area (Å²) in [7, 11) is -3.39. The van der Waals surface area contributed by atoms with Gasteiger partial charge in [0.2, 0.25) is 10.0 Å². The zero-order chi connectivity index (χ0) is 20.5. The van der Waals surface area contributed by atoms with Crippen LogP contribution in [0.5, 0.6) is 0 Å². The lowest BCUT2D eigenvalue weighted by Gasteiger charge is -2.30. The van der Waals surface area contributed by atoms with Gasteiger partial charge in [0.25, 0.3) is 0 Å². The Balaban J connectivity index is 1.48. The van der Waals surface area contributed by atoms with Gasteiger partial charge in [-0.25, -0.2) is 8.42 Å². The van der Waals surface area contributed by atoms with E-state index in [2.05, 4.69) is 35.1 Å². The summed E-state index contributed by atoms with van der Waals surface area (Å²) in [5.74, 6) is 1.24. The van der Waals surface area contributed by atoms with E-state index in [0.717, 1.165) is 38.3 Å². The molecule has 0 bridgehead atoms. The second kappa shape index (κ2) is 10.8. The standard InChI is InChI=1S/C21H30N4O2S2/c1-2-22-21(23-13-10-19-7-6-16-28-19)24-17-18-11-14-25(15-12-18)29(26,27)20-8-4-3-5-9-20/h3-9,16,18H,2,10-15,17H2,1H3,(H2,22,23,24). The van der Waals surface area contributed by atoms with Gasteiger partial charge in [-0.15, -0.1) is 11.3 Å². The van der Waals surface area contributed by atoms with Gasteiger partial charge in [0, 0.05) is 37.6 Å². The van der Waals surface area contributed by atoms with E-state index in [1.807, 2.05) is 6.07 Å². The first-order valence-corrected chi connectivity index (χ1v) is 12.5. The molecule has 1 aliphatic heterocycles. The predicted octanol–water partition coefficient (Wildman–Crippen LogP) is 2.95. The maximum atomic E-state index is 12.7. The number of benzene rings is 1. The third-order valence-corrected chi connectivity index (χ3v) is 7.90. The van der Waals surface area contributed by atoms with E-state index in [4.69, 9.17) is 4.99 Å². The highest BCUT2D eigenvalue weighted by Crippen LogP contribution is 2.23. The molecule has 8 heteroatoms. The van der Waals surface area contributed by atoms with Crippen molar-refractivity contribution in [1.82, 2.24) is 14.9 Å². The van der Waals surface area contributed by atoms with Crippen molar-refractivity contribution in [3.8, 4) is 0 Å². The zero-order valence-electron chi connectivity index (χ0n) is 16.9. The van der Waals surface area contributed by atoms with Crippen molar-refractivity contribution >= 4 is 27.3 Å². The molecule has 1 aromatic carbocycles. The number of guanidine groups is 1. The maximum Gasteiger partial charge on any atom is 0.243 e. The Labute approximate surface area is 178 Å². The molecule has 158 valence electrons. The molecule has 1 fully saturated rings. The number of nitrogens with one attached hydrogen (secondary N) is 2. The fourth-order valence-corrected chi connectivity index (χ4v) is 5.59. The number of rotatable bonds is 8. The summed E-state index contributed by atoms with van der Waals surface area (Å²) >= 11 is 1.77. The molecule has 1 aromatic heterocycles. The van der Waals surface area contributed by atoms with Crippen LogP contribution in [0.15, 0.2) is 57.7 Å². The third kappa shape index (κ3) is 6.29. The second-order valence-corrected chi connectivity index (χ2v) is 10.1. The number of aliphatic imine (C=N–C) groups is 1. The first kappa shape index (κ1) is 21.8. The molecule has 0 amide bonds. The lowest BCUT2D eigenvalue weighted by Crippen LogP contribution is -2.40. The third-order valence-electron chi connectivity index (χ3n) is 5.05. The van der Waals surface area contributed by atoms with Crippen LogP contribution in [-0.2, 0) is 16.4 Å². The van der Waals surface area contributed by atoms with Crippen molar-refractivity contribution in [2.24, 2.45) is 10.9 Å². The Hall–Kier alpha value is -1.90. The van der Waals surface area contributed by atoms with Crippen LogP contribution >= 0.6 is 11.3 Å². The highest BCUT2D eigenvalue weighted by atomic mass is 32.2. The van der Waals surface area contributed by atoms with Crippen molar-refractivity contribution in [3.05, 3.63) is 52.7 Å². The summed E-state index contributed by atoms with van der Waals surface area (Å²) in [5.41, 5.74) is 0. The molecule has 2 N–H and O–H groups in total. The lowest BCUT2D eigenvalue weighted by atomic mass is 9.98. The van der Waals surface area contributed by atoms with Crippen molar-refractivity contribution in [1.29, 1.82) is 0 Å². The Morgan fingerprint density at radius 1 is 1.14 bits per heavy atom. The molecule has 0 unspecified atom stereocenters. The molecule has 29 heavy (non-hydrogen) atoms. The van der Waals surface area contributed by atoms with E-state index in [-0.39, 0.29) is 0 Å². The van der Waals surface area contributed by atoms with E-state index in [0.29, 0.717) is 30.4 Å². The van der Waals surface area contributed by atoms with Gasteiger partial charge >= 0.3 is 0 Å². The second-order valence-electron chi connectivity index (χ2n) is 7.14. The van der Waals surface area contributed by atoms with Crippen LogP contribution in [0.4, 0.5) is 0 Å². The van der Waals surface area contributed by atoms with Crippen molar-refractivity contribution < 1.29 is 8.42 Å². The fraction of sp³-hybridized carbons (Fsp3) is 0.476. The molecule has 0 aliphatic carbocycles. The average molecular weight is 435 g/mol. The molecule has 0 spiro atoms. The first-order chi connectivity index (χ1) is 14.1. The maximum absolute atomic E-state index is 12.7. The Kier molecular flexibility index (Phi) is 8.09. The molecule has 0 saturated carbocycles. The van der Waals surface area contributed by atoms with Crippen molar-refractivity contribution in [2.45, 2.75) is 31.1 Å². The van der Waals surface area contributed by atoms with Crippen LogP contribution in [-0.4, -0.2) is 51.4 Å². The van der Waals surface area contributed by atoms with Gasteiger partial charge in [-0.05, 0) is 55.7 Å². The van der Waals surface area contributed by atoms with E-state index in [9.17, 15) is 8.42 Å². The predicted molar refractivity (Wildman–Crippen MR) is 120 cm³/mol. The van der Waals surface area contributed by atoms with E-state index in [1.54, 1.807) is 39.9 Å². The number of sulfonamides is 1. The highest BCUT2D eigenvalue weighted by Gasteiger charge is 2.29. The monoisotopic (exact) mass is 434 g/mol. The summed E-state index contributed by atoms with van der Waals surface area (Å²) in [4.78, 5) is 6.47. The molecule has 3 rings (SSSR count). The van der Waals surface area contributed by atoms with E-state index in [1.165, 1.54) is 4.88 Å². The number of piperidine rings is 1. The molecule has 1 aliphatic rings. The smallest absolute Gasteiger partial charge is 0.243 e. The minimum absolute atomic E-state index is 0.376. The topological polar surface area (TPSA) is 73.8 Å². The van der Waals surface area contributed by atoms with Gasteiger partial charge < -0.3 is 10.6 Å². The summed E-state index contributed by atoms with van der Waals surface area (Å²) in [5, 5.41) is 8.78. The minimum Gasteiger partial charge on any atom is -0.357 e. The van der Waals surface area contributed by atoms with Crippen molar-refractivity contribution in [2.75, 3.05) is 32.7 Å². The van der Waals surface area contributed by atoms with Crippen LogP contribution in [0.25, 0.3) is 0 Å².